The number of hydrogen-bond acceptors (Lipinski definition) is 7. The molecule has 9 heteroatoms. The molecule has 0 bridgehead atoms. The second-order valence-electron chi connectivity index (χ2n) is 11.4. The number of carbonyl (C=O) groups is 3. The third-order valence-electron chi connectivity index (χ3n) is 8.54. The zero-order valence-electron chi connectivity index (χ0n) is 27.0. The van der Waals surface area contributed by atoms with E-state index < -0.39 is 18.1 Å². The standard InChI is InChI=1S/C36H45N3O6/c1-25-11-9-12-26(2)32(25)37-34(40)30(21-16-27-13-7-6-8-14-27)39(23-24-43-3)35(41)33(28-17-19-29(44-4)20-18-28)38-22-10-15-31(38)36(42)45-5/h6-9,11-14,17-20,30-31,33H,10,15-16,21-24H2,1-5H3,(H,37,40)/t30?,31-,33?/m0/s1. The lowest BCUT2D eigenvalue weighted by atomic mass is 9.98. The fraction of sp³-hybridized carbons (Fsp3) is 0.417. The zero-order chi connectivity index (χ0) is 32.3. The van der Waals surface area contributed by atoms with Crippen molar-refractivity contribution in [3.05, 3.63) is 95.1 Å². The zero-order valence-corrected chi connectivity index (χ0v) is 27.0. The maximum Gasteiger partial charge on any atom is 0.323 e. The third-order valence-corrected chi connectivity index (χ3v) is 8.54. The van der Waals surface area contributed by atoms with E-state index >= 15 is 0 Å². The van der Waals surface area contributed by atoms with Crippen LogP contribution in [0.25, 0.3) is 0 Å². The maximum absolute atomic E-state index is 15.0. The van der Waals surface area contributed by atoms with E-state index in [1.807, 2.05) is 79.4 Å². The van der Waals surface area contributed by atoms with Crippen LogP contribution in [0.4, 0.5) is 5.69 Å². The predicted molar refractivity (Wildman–Crippen MR) is 174 cm³/mol. The SMILES string of the molecule is COCCN(C(=O)C(c1ccc(OC)cc1)N1CCC[C@H]1C(=O)OC)C(CCc1ccccc1)C(=O)Nc1c(C)cccc1C. The van der Waals surface area contributed by atoms with Gasteiger partial charge in [-0.1, -0.05) is 60.7 Å². The fourth-order valence-corrected chi connectivity index (χ4v) is 6.11. The summed E-state index contributed by atoms with van der Waals surface area (Å²) in [7, 11) is 4.53. The number of likely N-dealkylation sites (tertiary alicyclic amines) is 1. The number of ether oxygens (including phenoxy) is 3. The normalized spacial score (nSPS) is 16.1. The van der Waals surface area contributed by atoms with Crippen molar-refractivity contribution in [2.45, 2.75) is 57.7 Å². The van der Waals surface area contributed by atoms with Gasteiger partial charge >= 0.3 is 5.97 Å². The number of esters is 1. The Morgan fingerprint density at radius 2 is 1.62 bits per heavy atom. The molecule has 0 spiro atoms. The number of aryl methyl sites for hydroxylation is 3. The van der Waals surface area contributed by atoms with E-state index in [0.29, 0.717) is 37.1 Å². The molecule has 45 heavy (non-hydrogen) atoms. The fourth-order valence-electron chi connectivity index (χ4n) is 6.11. The number of rotatable bonds is 14. The van der Waals surface area contributed by atoms with Crippen LogP contribution < -0.4 is 10.1 Å². The highest BCUT2D eigenvalue weighted by Crippen LogP contribution is 2.34. The molecule has 0 radical (unpaired) electrons. The molecule has 1 aliphatic heterocycles. The number of benzene rings is 3. The van der Waals surface area contributed by atoms with E-state index in [9.17, 15) is 14.4 Å². The van der Waals surface area contributed by atoms with Gasteiger partial charge in [-0.3, -0.25) is 19.3 Å². The summed E-state index contributed by atoms with van der Waals surface area (Å²) in [5.41, 5.74) is 4.39. The third kappa shape index (κ3) is 8.29. The summed E-state index contributed by atoms with van der Waals surface area (Å²) in [5.74, 6) is -0.272. The van der Waals surface area contributed by atoms with E-state index in [4.69, 9.17) is 14.2 Å². The van der Waals surface area contributed by atoms with Gasteiger partial charge in [-0.2, -0.15) is 0 Å². The van der Waals surface area contributed by atoms with Crippen LogP contribution in [0.1, 0.15) is 47.6 Å². The van der Waals surface area contributed by atoms with Crippen molar-refractivity contribution >= 4 is 23.5 Å². The van der Waals surface area contributed by atoms with Gasteiger partial charge in [0.25, 0.3) is 0 Å². The lowest BCUT2D eigenvalue weighted by Gasteiger charge is -2.38. The van der Waals surface area contributed by atoms with Gasteiger partial charge in [-0.15, -0.1) is 0 Å². The molecular weight excluding hydrogens is 570 g/mol. The van der Waals surface area contributed by atoms with Crippen molar-refractivity contribution in [2.75, 3.05) is 46.3 Å². The first-order valence-electron chi connectivity index (χ1n) is 15.5. The first kappa shape index (κ1) is 33.7. The van der Waals surface area contributed by atoms with Crippen molar-refractivity contribution in [3.8, 4) is 5.75 Å². The Bertz CT molecular complexity index is 1410. The van der Waals surface area contributed by atoms with Crippen molar-refractivity contribution in [1.29, 1.82) is 0 Å². The van der Waals surface area contributed by atoms with Crippen molar-refractivity contribution in [1.82, 2.24) is 9.80 Å². The van der Waals surface area contributed by atoms with E-state index in [1.54, 1.807) is 31.3 Å². The number of anilines is 1. The van der Waals surface area contributed by atoms with Gasteiger partial charge in [0, 0.05) is 25.9 Å². The highest BCUT2D eigenvalue weighted by Gasteiger charge is 2.43. The van der Waals surface area contributed by atoms with Gasteiger partial charge in [0.1, 0.15) is 23.9 Å². The van der Waals surface area contributed by atoms with E-state index in [1.165, 1.54) is 7.11 Å². The molecule has 4 rings (SSSR count). The highest BCUT2D eigenvalue weighted by molar-refractivity contribution is 5.99. The molecular formula is C36H45N3O6. The molecule has 3 atom stereocenters. The molecule has 1 saturated heterocycles. The molecule has 2 amide bonds. The first-order chi connectivity index (χ1) is 21.8. The minimum absolute atomic E-state index is 0.193. The largest absolute Gasteiger partial charge is 0.497 e. The topological polar surface area (TPSA) is 97.4 Å². The van der Waals surface area contributed by atoms with Crippen molar-refractivity contribution < 1.29 is 28.6 Å². The average molecular weight is 616 g/mol. The van der Waals surface area contributed by atoms with E-state index in [0.717, 1.165) is 28.8 Å². The summed E-state index contributed by atoms with van der Waals surface area (Å²) in [6, 6.07) is 20.9. The Morgan fingerprint density at radius 3 is 2.24 bits per heavy atom. The van der Waals surface area contributed by atoms with Crippen LogP contribution >= 0.6 is 0 Å². The summed E-state index contributed by atoms with van der Waals surface area (Å²) in [6.07, 6.45) is 2.30. The Labute approximate surface area is 266 Å². The number of para-hydroxylation sites is 1. The molecule has 0 saturated carbocycles. The van der Waals surface area contributed by atoms with Crippen LogP contribution in [0.15, 0.2) is 72.8 Å². The Kier molecular flexibility index (Phi) is 12.1. The molecule has 0 aliphatic carbocycles. The van der Waals surface area contributed by atoms with Crippen LogP contribution in [-0.2, 0) is 30.3 Å². The quantitative estimate of drug-likeness (QED) is 0.252. The molecule has 2 unspecified atom stereocenters. The van der Waals surface area contributed by atoms with E-state index in [-0.39, 0.29) is 30.9 Å². The molecule has 1 heterocycles. The number of amides is 2. The van der Waals surface area contributed by atoms with Gasteiger partial charge in [0.15, 0.2) is 0 Å². The number of nitrogens with zero attached hydrogens (tertiary/aromatic N) is 2. The number of nitrogens with one attached hydrogen (secondary N) is 1. The predicted octanol–water partition coefficient (Wildman–Crippen LogP) is 5.11. The Balaban J connectivity index is 1.78. The summed E-state index contributed by atoms with van der Waals surface area (Å²) in [4.78, 5) is 45.7. The summed E-state index contributed by atoms with van der Waals surface area (Å²) >= 11 is 0. The van der Waals surface area contributed by atoms with Gasteiger partial charge < -0.3 is 24.4 Å². The minimum atomic E-state index is -0.827. The second-order valence-corrected chi connectivity index (χ2v) is 11.4. The molecule has 1 fully saturated rings. The first-order valence-corrected chi connectivity index (χ1v) is 15.5. The molecule has 3 aromatic carbocycles. The van der Waals surface area contributed by atoms with Gasteiger partial charge in [0.2, 0.25) is 11.8 Å². The van der Waals surface area contributed by atoms with Crippen LogP contribution in [0.3, 0.4) is 0 Å². The smallest absolute Gasteiger partial charge is 0.323 e. The molecule has 240 valence electrons. The van der Waals surface area contributed by atoms with Gasteiger partial charge in [0.05, 0.1) is 20.8 Å². The van der Waals surface area contributed by atoms with Crippen molar-refractivity contribution in [2.24, 2.45) is 0 Å². The second kappa shape index (κ2) is 16.2. The summed E-state index contributed by atoms with van der Waals surface area (Å²) in [5, 5.41) is 3.15. The Hall–Kier alpha value is -4.21. The Morgan fingerprint density at radius 1 is 0.933 bits per heavy atom. The number of methoxy groups -OCH3 is 3. The average Bonchev–Trinajstić information content (AvgIpc) is 3.54. The number of hydrogen-bond donors (Lipinski definition) is 1. The molecule has 1 N–H and O–H groups in total. The van der Waals surface area contributed by atoms with E-state index in [2.05, 4.69) is 5.32 Å². The molecule has 1 aliphatic rings. The minimum Gasteiger partial charge on any atom is -0.497 e. The molecule has 0 aromatic heterocycles. The van der Waals surface area contributed by atoms with Crippen LogP contribution in [-0.4, -0.2) is 80.7 Å². The van der Waals surface area contributed by atoms with Gasteiger partial charge in [-0.05, 0) is 73.9 Å². The highest BCUT2D eigenvalue weighted by atomic mass is 16.5. The van der Waals surface area contributed by atoms with Crippen LogP contribution in [0, 0.1) is 13.8 Å². The van der Waals surface area contributed by atoms with Crippen LogP contribution in [0.5, 0.6) is 5.75 Å². The monoisotopic (exact) mass is 615 g/mol. The van der Waals surface area contributed by atoms with Crippen LogP contribution in [0.2, 0.25) is 0 Å². The summed E-state index contributed by atoms with van der Waals surface area (Å²) in [6.45, 7) is 4.87. The lowest BCUT2D eigenvalue weighted by molar-refractivity contribution is -0.151. The molecule has 3 aromatic rings. The van der Waals surface area contributed by atoms with Crippen molar-refractivity contribution in [3.63, 3.8) is 0 Å². The summed E-state index contributed by atoms with van der Waals surface area (Å²) < 4.78 is 16.0. The maximum atomic E-state index is 15.0. The molecule has 9 nitrogen and oxygen atoms in total. The lowest BCUT2D eigenvalue weighted by Crippen LogP contribution is -2.54. The number of carbonyl (C=O) groups excluding carboxylic acids is 3. The van der Waals surface area contributed by atoms with Gasteiger partial charge in [-0.25, -0.2) is 0 Å².